The average molecular weight is 274 g/mol. The molecule has 0 radical (unpaired) electrons. The Morgan fingerprint density at radius 3 is 2.61 bits per heavy atom. The van der Waals surface area contributed by atoms with Crippen LogP contribution in [0.25, 0.3) is 0 Å². The summed E-state index contributed by atoms with van der Waals surface area (Å²) in [6.07, 6.45) is 2.83. The van der Waals surface area contributed by atoms with Crippen molar-refractivity contribution in [3.63, 3.8) is 0 Å². The highest BCUT2D eigenvalue weighted by Crippen LogP contribution is 2.20. The molecular weight excluding hydrogens is 252 g/mol. The monoisotopic (exact) mass is 274 g/mol. The highest BCUT2D eigenvalue weighted by molar-refractivity contribution is 7.89. The highest BCUT2D eigenvalue weighted by atomic mass is 32.2. The lowest BCUT2D eigenvalue weighted by Crippen LogP contribution is -2.41. The molecule has 0 aromatic carbocycles. The first kappa shape index (κ1) is 15.1. The van der Waals surface area contributed by atoms with Gasteiger partial charge in [0.2, 0.25) is 10.0 Å². The number of hydrogen-bond acceptors (Lipinski definition) is 4. The Labute approximate surface area is 109 Å². The molecule has 0 aliphatic rings. The molecule has 1 aromatic heterocycles. The summed E-state index contributed by atoms with van der Waals surface area (Å²) in [6.45, 7) is 8.73. The van der Waals surface area contributed by atoms with E-state index in [0.29, 0.717) is 13.1 Å². The molecule has 3 N–H and O–H groups in total. The molecule has 7 heteroatoms. The van der Waals surface area contributed by atoms with Crippen molar-refractivity contribution >= 4 is 10.0 Å². The maximum Gasteiger partial charge on any atom is 0.243 e. The molecule has 0 saturated heterocycles. The topological polar surface area (TPSA) is 90.0 Å². The second-order valence-corrected chi connectivity index (χ2v) is 7.15. The molecule has 0 aliphatic heterocycles. The maximum atomic E-state index is 12.1. The number of aromatic nitrogens is 2. The second kappa shape index (κ2) is 5.38. The molecule has 0 fully saturated rings. The van der Waals surface area contributed by atoms with Gasteiger partial charge in [0.1, 0.15) is 4.90 Å². The largest absolute Gasteiger partial charge is 0.329 e. The standard InChI is InChI=1S/C11H22N4O2S/c1-9(11(2,3)4)14-18(16,17)10-7-13-15(8-10)6-5-12/h7-9,14H,5-6,12H2,1-4H3. The first-order valence-corrected chi connectivity index (χ1v) is 7.40. The lowest BCUT2D eigenvalue weighted by Gasteiger charge is -2.27. The van der Waals surface area contributed by atoms with Gasteiger partial charge in [-0.05, 0) is 12.3 Å². The lowest BCUT2D eigenvalue weighted by atomic mass is 9.89. The van der Waals surface area contributed by atoms with E-state index in [2.05, 4.69) is 9.82 Å². The van der Waals surface area contributed by atoms with Crippen LogP contribution in [0.3, 0.4) is 0 Å². The summed E-state index contributed by atoms with van der Waals surface area (Å²) in [5, 5.41) is 3.96. The van der Waals surface area contributed by atoms with Crippen molar-refractivity contribution < 1.29 is 8.42 Å². The Hall–Kier alpha value is -0.920. The van der Waals surface area contributed by atoms with Crippen LogP contribution in [0, 0.1) is 5.41 Å². The zero-order chi connectivity index (χ0) is 14.0. The van der Waals surface area contributed by atoms with Crippen LogP contribution in [-0.4, -0.2) is 30.8 Å². The van der Waals surface area contributed by atoms with Crippen molar-refractivity contribution in [3.8, 4) is 0 Å². The normalized spacial score (nSPS) is 14.7. The third-order valence-electron chi connectivity index (χ3n) is 2.91. The summed E-state index contributed by atoms with van der Waals surface area (Å²) < 4.78 is 28.4. The minimum absolute atomic E-state index is 0.139. The van der Waals surface area contributed by atoms with E-state index in [4.69, 9.17) is 5.73 Å². The summed E-state index contributed by atoms with van der Waals surface area (Å²) >= 11 is 0. The molecule has 0 amide bonds. The second-order valence-electron chi connectivity index (χ2n) is 5.44. The third-order valence-corrected chi connectivity index (χ3v) is 4.40. The summed E-state index contributed by atoms with van der Waals surface area (Å²) in [7, 11) is -3.51. The van der Waals surface area contributed by atoms with Crippen molar-refractivity contribution in [2.24, 2.45) is 11.1 Å². The van der Waals surface area contributed by atoms with Crippen molar-refractivity contribution in [1.82, 2.24) is 14.5 Å². The summed E-state index contributed by atoms with van der Waals surface area (Å²) in [4.78, 5) is 0.173. The Kier molecular flexibility index (Phi) is 4.52. The van der Waals surface area contributed by atoms with Gasteiger partial charge in [-0.3, -0.25) is 4.68 Å². The number of rotatable bonds is 5. The number of sulfonamides is 1. The van der Waals surface area contributed by atoms with Crippen LogP contribution < -0.4 is 10.5 Å². The maximum absolute atomic E-state index is 12.1. The van der Waals surface area contributed by atoms with Gasteiger partial charge in [-0.15, -0.1) is 0 Å². The predicted molar refractivity (Wildman–Crippen MR) is 70.5 cm³/mol. The molecule has 0 bridgehead atoms. The van der Waals surface area contributed by atoms with Crippen LogP contribution in [0.5, 0.6) is 0 Å². The zero-order valence-electron chi connectivity index (χ0n) is 11.3. The van der Waals surface area contributed by atoms with Gasteiger partial charge in [0, 0.05) is 18.8 Å². The molecule has 1 atom stereocenters. The van der Waals surface area contributed by atoms with E-state index < -0.39 is 10.0 Å². The minimum atomic E-state index is -3.51. The van der Waals surface area contributed by atoms with Crippen LogP contribution in [-0.2, 0) is 16.6 Å². The van der Waals surface area contributed by atoms with E-state index in [-0.39, 0.29) is 16.4 Å². The van der Waals surface area contributed by atoms with Gasteiger partial charge in [-0.1, -0.05) is 20.8 Å². The Morgan fingerprint density at radius 2 is 2.11 bits per heavy atom. The van der Waals surface area contributed by atoms with E-state index in [1.54, 1.807) is 0 Å². The Bertz CT molecular complexity index is 487. The Balaban J connectivity index is 2.86. The van der Waals surface area contributed by atoms with E-state index in [0.717, 1.165) is 0 Å². The number of nitrogens with two attached hydrogens (primary N) is 1. The van der Waals surface area contributed by atoms with Crippen LogP contribution in [0.1, 0.15) is 27.7 Å². The van der Waals surface area contributed by atoms with Gasteiger partial charge in [0.15, 0.2) is 0 Å². The SMILES string of the molecule is CC(NS(=O)(=O)c1cnn(CCN)c1)C(C)(C)C. The predicted octanol–water partition coefficient (Wildman–Crippen LogP) is 0.555. The first-order valence-electron chi connectivity index (χ1n) is 5.91. The number of nitrogens with zero attached hydrogens (tertiary/aromatic N) is 2. The molecule has 1 rings (SSSR count). The smallest absolute Gasteiger partial charge is 0.243 e. The van der Waals surface area contributed by atoms with Crippen LogP contribution in [0.4, 0.5) is 0 Å². The fourth-order valence-electron chi connectivity index (χ4n) is 1.22. The number of hydrogen-bond donors (Lipinski definition) is 2. The van der Waals surface area contributed by atoms with Gasteiger partial charge < -0.3 is 5.73 Å². The lowest BCUT2D eigenvalue weighted by molar-refractivity contribution is 0.317. The van der Waals surface area contributed by atoms with Gasteiger partial charge in [0.25, 0.3) is 0 Å². The van der Waals surface area contributed by atoms with Gasteiger partial charge >= 0.3 is 0 Å². The van der Waals surface area contributed by atoms with Crippen molar-refractivity contribution in [1.29, 1.82) is 0 Å². The quantitative estimate of drug-likeness (QED) is 0.820. The molecule has 104 valence electrons. The molecule has 0 aliphatic carbocycles. The number of nitrogens with one attached hydrogen (secondary N) is 1. The van der Waals surface area contributed by atoms with Gasteiger partial charge in [0.05, 0.1) is 12.7 Å². The van der Waals surface area contributed by atoms with Crippen molar-refractivity contribution in [2.45, 2.75) is 45.2 Å². The average Bonchev–Trinajstić information content (AvgIpc) is 2.65. The molecule has 18 heavy (non-hydrogen) atoms. The fourth-order valence-corrected chi connectivity index (χ4v) is 2.62. The van der Waals surface area contributed by atoms with Crippen molar-refractivity contribution in [3.05, 3.63) is 12.4 Å². The summed E-state index contributed by atoms with van der Waals surface area (Å²) in [5.41, 5.74) is 5.25. The van der Waals surface area contributed by atoms with Gasteiger partial charge in [-0.25, -0.2) is 13.1 Å². The van der Waals surface area contributed by atoms with E-state index >= 15 is 0 Å². The zero-order valence-corrected chi connectivity index (χ0v) is 12.2. The Morgan fingerprint density at radius 1 is 1.50 bits per heavy atom. The van der Waals surface area contributed by atoms with E-state index in [9.17, 15) is 8.42 Å². The first-order chi connectivity index (χ1) is 8.16. The molecule has 1 unspecified atom stereocenters. The van der Waals surface area contributed by atoms with Crippen LogP contribution in [0.2, 0.25) is 0 Å². The minimum Gasteiger partial charge on any atom is -0.329 e. The molecule has 0 spiro atoms. The summed E-state index contributed by atoms with van der Waals surface area (Å²) in [5.74, 6) is 0. The highest BCUT2D eigenvalue weighted by Gasteiger charge is 2.26. The van der Waals surface area contributed by atoms with Crippen molar-refractivity contribution in [2.75, 3.05) is 6.54 Å². The molecule has 1 heterocycles. The van der Waals surface area contributed by atoms with E-state index in [1.165, 1.54) is 17.1 Å². The fraction of sp³-hybridized carbons (Fsp3) is 0.727. The summed E-state index contributed by atoms with van der Waals surface area (Å²) in [6, 6.07) is -0.166. The van der Waals surface area contributed by atoms with Gasteiger partial charge in [-0.2, -0.15) is 5.10 Å². The third kappa shape index (κ3) is 3.79. The van der Waals surface area contributed by atoms with E-state index in [1.807, 2.05) is 27.7 Å². The molecule has 6 nitrogen and oxygen atoms in total. The molecular formula is C11H22N4O2S. The molecule has 0 saturated carbocycles. The van der Waals surface area contributed by atoms with Crippen LogP contribution in [0.15, 0.2) is 17.3 Å². The molecule has 1 aromatic rings. The van der Waals surface area contributed by atoms with Crippen LogP contribution >= 0.6 is 0 Å².